The Balaban J connectivity index is 2.01. The zero-order valence-electron chi connectivity index (χ0n) is 16.0. The van der Waals surface area contributed by atoms with E-state index in [2.05, 4.69) is 24.5 Å². The lowest BCUT2D eigenvalue weighted by Gasteiger charge is -2.17. The van der Waals surface area contributed by atoms with Gasteiger partial charge in [-0.3, -0.25) is 0 Å². The zero-order valence-corrected chi connectivity index (χ0v) is 16.0. The molecular formula is C20H29N3O3. The molecule has 142 valence electrons. The molecule has 0 saturated carbocycles. The highest BCUT2D eigenvalue weighted by atomic mass is 16.5. The number of furan rings is 1. The normalized spacial score (nSPS) is 12.5. The van der Waals surface area contributed by atoms with Crippen molar-refractivity contribution in [2.45, 2.75) is 39.3 Å². The molecule has 26 heavy (non-hydrogen) atoms. The quantitative estimate of drug-likeness (QED) is 0.531. The highest BCUT2D eigenvalue weighted by Crippen LogP contribution is 2.27. The third-order valence-corrected chi connectivity index (χ3v) is 4.11. The van der Waals surface area contributed by atoms with Crippen LogP contribution in [0.25, 0.3) is 0 Å². The molecule has 6 heteroatoms. The number of methoxy groups -OCH3 is 2. The molecule has 1 heterocycles. The summed E-state index contributed by atoms with van der Waals surface area (Å²) in [6.45, 7) is 5.58. The predicted molar refractivity (Wildman–Crippen MR) is 104 cm³/mol. The Morgan fingerprint density at radius 3 is 2.65 bits per heavy atom. The highest BCUT2D eigenvalue weighted by Gasteiger charge is 2.07. The van der Waals surface area contributed by atoms with Crippen molar-refractivity contribution in [1.82, 2.24) is 10.6 Å². The molecule has 2 aromatic rings. The summed E-state index contributed by atoms with van der Waals surface area (Å²) in [5, 5.41) is 6.79. The second-order valence-electron chi connectivity index (χ2n) is 6.06. The van der Waals surface area contributed by atoms with Crippen molar-refractivity contribution in [1.29, 1.82) is 0 Å². The van der Waals surface area contributed by atoms with Gasteiger partial charge in [-0.05, 0) is 43.2 Å². The summed E-state index contributed by atoms with van der Waals surface area (Å²) in [6.07, 6.45) is 3.53. The van der Waals surface area contributed by atoms with E-state index in [0.29, 0.717) is 18.3 Å². The number of hydrogen-bond acceptors (Lipinski definition) is 4. The van der Waals surface area contributed by atoms with Crippen molar-refractivity contribution < 1.29 is 13.9 Å². The van der Waals surface area contributed by atoms with Gasteiger partial charge in [-0.25, -0.2) is 4.99 Å². The Morgan fingerprint density at radius 1 is 1.19 bits per heavy atom. The third-order valence-electron chi connectivity index (χ3n) is 4.11. The molecule has 2 N–H and O–H groups in total. The molecule has 0 aliphatic heterocycles. The first-order valence-corrected chi connectivity index (χ1v) is 8.94. The molecule has 1 aromatic heterocycles. The van der Waals surface area contributed by atoms with Gasteiger partial charge in [0.2, 0.25) is 0 Å². The number of rotatable bonds is 9. The maximum atomic E-state index is 5.37. The topological polar surface area (TPSA) is 68.0 Å². The molecule has 2 rings (SSSR count). The van der Waals surface area contributed by atoms with Crippen LogP contribution in [-0.2, 0) is 13.0 Å². The molecule has 0 aliphatic rings. The number of ether oxygens (including phenoxy) is 2. The molecule has 6 nitrogen and oxygen atoms in total. The summed E-state index contributed by atoms with van der Waals surface area (Å²) < 4.78 is 16.0. The van der Waals surface area contributed by atoms with E-state index in [9.17, 15) is 0 Å². The van der Waals surface area contributed by atoms with Gasteiger partial charge in [0.15, 0.2) is 17.5 Å². The summed E-state index contributed by atoms with van der Waals surface area (Å²) in [4.78, 5) is 4.70. The minimum absolute atomic E-state index is 0.343. The SMILES string of the molecule is CCC(C)NC(=NCc1ccc(OC)c(OC)c1)NCCc1ccco1. The van der Waals surface area contributed by atoms with Gasteiger partial charge in [0.05, 0.1) is 27.0 Å². The lowest BCUT2D eigenvalue weighted by Crippen LogP contribution is -2.42. The monoisotopic (exact) mass is 359 g/mol. The predicted octanol–water partition coefficient (Wildman–Crippen LogP) is 3.37. The van der Waals surface area contributed by atoms with Gasteiger partial charge in [-0.2, -0.15) is 0 Å². The van der Waals surface area contributed by atoms with Crippen LogP contribution in [0.5, 0.6) is 11.5 Å². The third kappa shape index (κ3) is 6.02. The molecule has 0 spiro atoms. The van der Waals surface area contributed by atoms with Gasteiger partial charge in [0.25, 0.3) is 0 Å². The van der Waals surface area contributed by atoms with Crippen LogP contribution in [0.2, 0.25) is 0 Å². The van der Waals surface area contributed by atoms with Gasteiger partial charge < -0.3 is 24.5 Å². The van der Waals surface area contributed by atoms with E-state index >= 15 is 0 Å². The van der Waals surface area contributed by atoms with Crippen LogP contribution < -0.4 is 20.1 Å². The summed E-state index contributed by atoms with van der Waals surface area (Å²) >= 11 is 0. The molecule has 0 bridgehead atoms. The van der Waals surface area contributed by atoms with E-state index in [4.69, 9.17) is 18.9 Å². The van der Waals surface area contributed by atoms with Crippen LogP contribution in [0.4, 0.5) is 0 Å². The fraction of sp³-hybridized carbons (Fsp3) is 0.450. The first-order chi connectivity index (χ1) is 12.7. The van der Waals surface area contributed by atoms with E-state index in [-0.39, 0.29) is 0 Å². The lowest BCUT2D eigenvalue weighted by atomic mass is 10.2. The second-order valence-corrected chi connectivity index (χ2v) is 6.06. The average molecular weight is 359 g/mol. The molecule has 0 saturated heterocycles. The number of hydrogen-bond donors (Lipinski definition) is 2. The Labute approximate surface area is 155 Å². The van der Waals surface area contributed by atoms with E-state index < -0.39 is 0 Å². The number of guanidine groups is 1. The van der Waals surface area contributed by atoms with Gasteiger partial charge in [0.1, 0.15) is 5.76 Å². The largest absolute Gasteiger partial charge is 0.493 e. The molecule has 1 aromatic carbocycles. The van der Waals surface area contributed by atoms with Crippen molar-refractivity contribution in [3.63, 3.8) is 0 Å². The molecule has 0 fully saturated rings. The maximum absolute atomic E-state index is 5.37. The van der Waals surface area contributed by atoms with E-state index in [1.807, 2.05) is 30.3 Å². The van der Waals surface area contributed by atoms with Crippen molar-refractivity contribution in [3.05, 3.63) is 47.9 Å². The molecule has 0 radical (unpaired) electrons. The fourth-order valence-electron chi connectivity index (χ4n) is 2.40. The molecule has 0 amide bonds. The zero-order chi connectivity index (χ0) is 18.8. The van der Waals surface area contributed by atoms with Crippen LogP contribution in [-0.4, -0.2) is 32.8 Å². The van der Waals surface area contributed by atoms with E-state index in [1.54, 1.807) is 20.5 Å². The standard InChI is InChI=1S/C20H29N3O3/c1-5-15(2)23-20(21-11-10-17-7-6-12-26-17)22-14-16-8-9-18(24-3)19(13-16)25-4/h6-9,12-13,15H,5,10-11,14H2,1-4H3,(H2,21,22,23). The number of benzene rings is 1. The average Bonchev–Trinajstić information content (AvgIpc) is 3.18. The molecule has 0 aliphatic carbocycles. The van der Waals surface area contributed by atoms with Crippen molar-refractivity contribution in [3.8, 4) is 11.5 Å². The van der Waals surface area contributed by atoms with Crippen LogP contribution in [0.1, 0.15) is 31.6 Å². The minimum Gasteiger partial charge on any atom is -0.493 e. The van der Waals surface area contributed by atoms with Gasteiger partial charge in [-0.15, -0.1) is 0 Å². The van der Waals surface area contributed by atoms with Gasteiger partial charge >= 0.3 is 0 Å². The Morgan fingerprint density at radius 2 is 2.00 bits per heavy atom. The smallest absolute Gasteiger partial charge is 0.191 e. The van der Waals surface area contributed by atoms with Crippen LogP contribution in [0.15, 0.2) is 46.0 Å². The second kappa shape index (κ2) is 10.4. The van der Waals surface area contributed by atoms with Crippen molar-refractivity contribution in [2.75, 3.05) is 20.8 Å². The summed E-state index contributed by atoms with van der Waals surface area (Å²) in [7, 11) is 3.27. The van der Waals surface area contributed by atoms with Gasteiger partial charge in [0, 0.05) is 19.0 Å². The fourth-order valence-corrected chi connectivity index (χ4v) is 2.40. The molecular weight excluding hydrogens is 330 g/mol. The molecule has 1 unspecified atom stereocenters. The first-order valence-electron chi connectivity index (χ1n) is 8.94. The Bertz CT molecular complexity index is 684. The van der Waals surface area contributed by atoms with Crippen LogP contribution in [0, 0.1) is 0 Å². The number of nitrogens with zero attached hydrogens (tertiary/aromatic N) is 1. The van der Waals surface area contributed by atoms with Crippen molar-refractivity contribution >= 4 is 5.96 Å². The van der Waals surface area contributed by atoms with Crippen LogP contribution >= 0.6 is 0 Å². The molecule has 1 atom stereocenters. The van der Waals surface area contributed by atoms with Crippen LogP contribution in [0.3, 0.4) is 0 Å². The summed E-state index contributed by atoms with van der Waals surface area (Å²) in [5.74, 6) is 3.18. The maximum Gasteiger partial charge on any atom is 0.191 e. The number of nitrogens with one attached hydrogen (secondary N) is 2. The number of aliphatic imine (C=N–C) groups is 1. The van der Waals surface area contributed by atoms with Gasteiger partial charge in [-0.1, -0.05) is 13.0 Å². The van der Waals surface area contributed by atoms with Crippen molar-refractivity contribution in [2.24, 2.45) is 4.99 Å². The highest BCUT2D eigenvalue weighted by molar-refractivity contribution is 5.80. The lowest BCUT2D eigenvalue weighted by molar-refractivity contribution is 0.354. The Kier molecular flexibility index (Phi) is 7.86. The summed E-state index contributed by atoms with van der Waals surface area (Å²) in [5.41, 5.74) is 1.05. The first kappa shape index (κ1) is 19.7. The van der Waals surface area contributed by atoms with E-state index in [1.165, 1.54) is 0 Å². The van der Waals surface area contributed by atoms with E-state index in [0.717, 1.165) is 42.4 Å². The minimum atomic E-state index is 0.343. The Hall–Kier alpha value is -2.63. The summed E-state index contributed by atoms with van der Waals surface area (Å²) in [6, 6.07) is 10.1.